The Morgan fingerprint density at radius 3 is 2.65 bits per heavy atom. The Hall–Kier alpha value is -2.35. The van der Waals surface area contributed by atoms with E-state index in [2.05, 4.69) is 10.3 Å². The lowest BCUT2D eigenvalue weighted by atomic mass is 10.0. The molecule has 140 valence electrons. The van der Waals surface area contributed by atoms with E-state index < -0.39 is 24.7 Å². The quantitative estimate of drug-likeness (QED) is 0.903. The number of amides is 1. The summed E-state index contributed by atoms with van der Waals surface area (Å²) >= 11 is 0. The summed E-state index contributed by atoms with van der Waals surface area (Å²) in [6.07, 6.45) is -3.47. The zero-order valence-electron chi connectivity index (χ0n) is 14.3. The van der Waals surface area contributed by atoms with E-state index in [1.807, 2.05) is 0 Å². The van der Waals surface area contributed by atoms with Crippen LogP contribution in [0.4, 0.5) is 13.2 Å². The number of hydrogen-bond acceptors (Lipinski definition) is 4. The zero-order chi connectivity index (χ0) is 18.7. The summed E-state index contributed by atoms with van der Waals surface area (Å²) in [5.74, 6) is -0.0428. The van der Waals surface area contributed by atoms with E-state index in [1.165, 1.54) is 6.07 Å². The number of aromatic nitrogens is 1. The van der Waals surface area contributed by atoms with E-state index in [0.717, 1.165) is 10.3 Å². The highest BCUT2D eigenvalue weighted by atomic mass is 19.4. The minimum Gasteiger partial charge on any atom is -0.497 e. The standard InChI is InChI=1S/C18H20F3N3O2/c1-26-14-3-5-15-12(10-14)2-4-16(23-15)17(25)24(11-18(19,20)21)13-6-8-22-9-7-13/h2-5,10,13,22H,6-9,11H2,1H3. The number of hydrogen-bond donors (Lipinski definition) is 1. The van der Waals surface area contributed by atoms with Crippen molar-refractivity contribution in [2.75, 3.05) is 26.7 Å². The first kappa shape index (κ1) is 18.4. The first-order chi connectivity index (χ1) is 12.4. The Balaban J connectivity index is 1.90. The highest BCUT2D eigenvalue weighted by molar-refractivity contribution is 5.95. The molecule has 0 radical (unpaired) electrons. The number of piperidine rings is 1. The Labute approximate surface area is 149 Å². The van der Waals surface area contributed by atoms with Gasteiger partial charge in [-0.15, -0.1) is 0 Å². The van der Waals surface area contributed by atoms with Gasteiger partial charge in [-0.1, -0.05) is 6.07 Å². The highest BCUT2D eigenvalue weighted by Crippen LogP contribution is 2.24. The number of alkyl halides is 3. The minimum absolute atomic E-state index is 0.0189. The van der Waals surface area contributed by atoms with Gasteiger partial charge in [0.25, 0.3) is 5.91 Å². The highest BCUT2D eigenvalue weighted by Gasteiger charge is 2.37. The molecule has 1 aromatic carbocycles. The average Bonchev–Trinajstić information content (AvgIpc) is 2.64. The van der Waals surface area contributed by atoms with E-state index in [9.17, 15) is 18.0 Å². The molecular formula is C18H20F3N3O2. The van der Waals surface area contributed by atoms with Crippen LogP contribution < -0.4 is 10.1 Å². The van der Waals surface area contributed by atoms with Crippen molar-refractivity contribution in [2.45, 2.75) is 25.1 Å². The van der Waals surface area contributed by atoms with Gasteiger partial charge in [0, 0.05) is 11.4 Å². The molecule has 1 saturated heterocycles. The maximum absolute atomic E-state index is 13.0. The number of methoxy groups -OCH3 is 1. The van der Waals surface area contributed by atoms with Gasteiger partial charge in [-0.2, -0.15) is 13.2 Å². The van der Waals surface area contributed by atoms with Crippen molar-refractivity contribution in [2.24, 2.45) is 0 Å². The Morgan fingerprint density at radius 1 is 1.27 bits per heavy atom. The number of fused-ring (bicyclic) bond motifs is 1. The minimum atomic E-state index is -4.45. The maximum atomic E-state index is 13.0. The summed E-state index contributed by atoms with van der Waals surface area (Å²) in [5.41, 5.74) is 0.555. The lowest BCUT2D eigenvalue weighted by Gasteiger charge is -2.35. The Kier molecular flexibility index (Phi) is 5.31. The lowest BCUT2D eigenvalue weighted by molar-refractivity contribution is -0.145. The molecule has 1 aliphatic heterocycles. The van der Waals surface area contributed by atoms with Crippen LogP contribution >= 0.6 is 0 Å². The van der Waals surface area contributed by atoms with Crippen LogP contribution in [0.15, 0.2) is 30.3 Å². The molecule has 1 N–H and O–H groups in total. The fourth-order valence-corrected chi connectivity index (χ4v) is 3.18. The summed E-state index contributed by atoms with van der Waals surface area (Å²) in [6.45, 7) is -0.0761. The molecule has 1 aromatic heterocycles. The molecule has 2 aromatic rings. The number of benzene rings is 1. The third-order valence-electron chi connectivity index (χ3n) is 4.48. The number of nitrogens with zero attached hydrogens (tertiary/aromatic N) is 2. The van der Waals surface area contributed by atoms with Crippen LogP contribution in [0.5, 0.6) is 5.75 Å². The van der Waals surface area contributed by atoms with Gasteiger partial charge in [0.2, 0.25) is 0 Å². The van der Waals surface area contributed by atoms with Crippen LogP contribution in [-0.2, 0) is 0 Å². The molecule has 26 heavy (non-hydrogen) atoms. The van der Waals surface area contributed by atoms with E-state index in [1.54, 1.807) is 31.4 Å². The van der Waals surface area contributed by atoms with E-state index in [4.69, 9.17) is 4.74 Å². The van der Waals surface area contributed by atoms with E-state index >= 15 is 0 Å². The smallest absolute Gasteiger partial charge is 0.406 e. The summed E-state index contributed by atoms with van der Waals surface area (Å²) in [4.78, 5) is 18.0. The molecule has 0 unspecified atom stereocenters. The topological polar surface area (TPSA) is 54.5 Å². The maximum Gasteiger partial charge on any atom is 0.406 e. The second-order valence-corrected chi connectivity index (χ2v) is 6.28. The van der Waals surface area contributed by atoms with Crippen molar-refractivity contribution in [1.29, 1.82) is 0 Å². The monoisotopic (exact) mass is 367 g/mol. The van der Waals surface area contributed by atoms with Gasteiger partial charge in [0.15, 0.2) is 0 Å². The second-order valence-electron chi connectivity index (χ2n) is 6.28. The van der Waals surface area contributed by atoms with Crippen LogP contribution in [0.25, 0.3) is 10.9 Å². The molecule has 1 aliphatic rings. The number of carbonyl (C=O) groups is 1. The molecule has 0 aliphatic carbocycles. The molecular weight excluding hydrogens is 347 g/mol. The lowest BCUT2D eigenvalue weighted by Crippen LogP contribution is -2.49. The molecule has 2 heterocycles. The van der Waals surface area contributed by atoms with Crippen molar-refractivity contribution in [3.05, 3.63) is 36.0 Å². The van der Waals surface area contributed by atoms with Crippen molar-refractivity contribution < 1.29 is 22.7 Å². The summed E-state index contributed by atoms with van der Waals surface area (Å²) < 4.78 is 44.2. The summed E-state index contributed by atoms with van der Waals surface area (Å²) in [7, 11) is 1.54. The molecule has 0 atom stereocenters. The van der Waals surface area contributed by atoms with Crippen LogP contribution in [0.1, 0.15) is 23.3 Å². The van der Waals surface area contributed by atoms with Crippen LogP contribution in [0, 0.1) is 0 Å². The predicted molar refractivity (Wildman–Crippen MR) is 91.3 cm³/mol. The molecule has 0 saturated carbocycles. The van der Waals surface area contributed by atoms with Gasteiger partial charge in [-0.3, -0.25) is 4.79 Å². The van der Waals surface area contributed by atoms with E-state index in [-0.39, 0.29) is 5.69 Å². The second kappa shape index (κ2) is 7.49. The Bertz CT molecular complexity index is 789. The van der Waals surface area contributed by atoms with Crippen LogP contribution in [0.2, 0.25) is 0 Å². The molecule has 0 bridgehead atoms. The van der Waals surface area contributed by atoms with Gasteiger partial charge >= 0.3 is 6.18 Å². The fraction of sp³-hybridized carbons (Fsp3) is 0.444. The van der Waals surface area contributed by atoms with Gasteiger partial charge < -0.3 is 15.0 Å². The molecule has 0 spiro atoms. The summed E-state index contributed by atoms with van der Waals surface area (Å²) in [6, 6.07) is 7.84. The van der Waals surface area contributed by atoms with Crippen LogP contribution in [0.3, 0.4) is 0 Å². The number of rotatable bonds is 4. The number of halogens is 3. The first-order valence-electron chi connectivity index (χ1n) is 8.40. The van der Waals surface area contributed by atoms with Crippen molar-refractivity contribution in [3.63, 3.8) is 0 Å². The number of ether oxygens (including phenoxy) is 1. The van der Waals surface area contributed by atoms with Gasteiger partial charge in [0.05, 0.1) is 12.6 Å². The fourth-order valence-electron chi connectivity index (χ4n) is 3.18. The van der Waals surface area contributed by atoms with E-state index in [0.29, 0.717) is 37.2 Å². The normalized spacial score (nSPS) is 15.8. The summed E-state index contributed by atoms with van der Waals surface area (Å²) in [5, 5.41) is 3.85. The molecule has 1 amide bonds. The van der Waals surface area contributed by atoms with Gasteiger partial charge in [-0.25, -0.2) is 4.98 Å². The molecule has 5 nitrogen and oxygen atoms in total. The molecule has 1 fully saturated rings. The van der Waals surface area contributed by atoms with Gasteiger partial charge in [-0.05, 0) is 50.2 Å². The molecule has 8 heteroatoms. The van der Waals surface area contributed by atoms with Crippen molar-refractivity contribution in [1.82, 2.24) is 15.2 Å². The number of carbonyl (C=O) groups excluding carboxylic acids is 1. The SMILES string of the molecule is COc1ccc2nc(C(=O)N(CC(F)(F)F)C3CCNCC3)ccc2c1. The van der Waals surface area contributed by atoms with Crippen LogP contribution in [-0.4, -0.2) is 54.8 Å². The average molecular weight is 367 g/mol. The zero-order valence-corrected chi connectivity index (χ0v) is 14.3. The van der Waals surface area contributed by atoms with Gasteiger partial charge in [0.1, 0.15) is 18.0 Å². The third kappa shape index (κ3) is 4.24. The molecule has 3 rings (SSSR count). The number of pyridine rings is 1. The third-order valence-corrected chi connectivity index (χ3v) is 4.48. The largest absolute Gasteiger partial charge is 0.497 e. The van der Waals surface area contributed by atoms with Crippen molar-refractivity contribution in [3.8, 4) is 5.75 Å². The predicted octanol–water partition coefficient (Wildman–Crippen LogP) is 3.00. The first-order valence-corrected chi connectivity index (χ1v) is 8.40. The van der Waals surface area contributed by atoms with Crippen molar-refractivity contribution >= 4 is 16.8 Å². The number of nitrogens with one attached hydrogen (secondary N) is 1. The Morgan fingerprint density at radius 2 is 2.00 bits per heavy atom.